The number of aliphatic hydroxyl groups is 1. The lowest BCUT2D eigenvalue weighted by atomic mass is 10.0. The van der Waals surface area contributed by atoms with Gasteiger partial charge in [0.15, 0.2) is 0 Å². The highest BCUT2D eigenvalue weighted by Gasteiger charge is 2.62. The Labute approximate surface area is 214 Å². The molecule has 1 fully saturated rings. The van der Waals surface area contributed by atoms with Crippen LogP contribution in [0, 0.1) is 17.3 Å². The van der Waals surface area contributed by atoms with Gasteiger partial charge >= 0.3 is 11.9 Å². The van der Waals surface area contributed by atoms with E-state index in [1.807, 2.05) is 0 Å². The zero-order valence-electron chi connectivity index (χ0n) is 19.7. The van der Waals surface area contributed by atoms with E-state index in [9.17, 15) is 18.0 Å². The van der Waals surface area contributed by atoms with Gasteiger partial charge < -0.3 is 19.5 Å². The summed E-state index contributed by atoms with van der Waals surface area (Å²) in [5.74, 6) is 5.71. The van der Waals surface area contributed by atoms with Gasteiger partial charge in [0.25, 0.3) is 0 Å². The number of fused-ring (bicyclic) bond motifs is 2. The number of halogens is 4. The molecular formula is C25H22ClF3N4O4. The number of aromatic nitrogens is 3. The van der Waals surface area contributed by atoms with Crippen LogP contribution in [0.4, 0.5) is 24.7 Å². The Hall–Kier alpha value is -3.33. The van der Waals surface area contributed by atoms with Crippen molar-refractivity contribution >= 4 is 34.0 Å². The first-order valence-corrected chi connectivity index (χ1v) is 11.9. The number of alkyl halides is 3. The second kappa shape index (κ2) is 9.52. The smallest absolute Gasteiger partial charge is 0.405 e. The summed E-state index contributed by atoms with van der Waals surface area (Å²) >= 11 is 6.44. The van der Waals surface area contributed by atoms with Gasteiger partial charge in [-0.2, -0.15) is 18.2 Å². The van der Waals surface area contributed by atoms with E-state index in [1.54, 1.807) is 30.3 Å². The van der Waals surface area contributed by atoms with E-state index in [0.29, 0.717) is 45.8 Å². The third-order valence-corrected chi connectivity index (χ3v) is 6.80. The number of hydrogen-bond donors (Lipinski definition) is 1. The van der Waals surface area contributed by atoms with E-state index in [1.165, 1.54) is 10.8 Å². The quantitative estimate of drug-likeness (QED) is 0.510. The third-order valence-electron chi connectivity index (χ3n) is 6.51. The van der Waals surface area contributed by atoms with Crippen LogP contribution in [0.5, 0.6) is 5.75 Å². The number of pyridine rings is 1. The van der Waals surface area contributed by atoms with Gasteiger partial charge in [-0.05, 0) is 18.9 Å². The van der Waals surface area contributed by atoms with Crippen molar-refractivity contribution in [1.29, 1.82) is 0 Å². The Balaban J connectivity index is 1.64. The Morgan fingerprint density at radius 1 is 1.30 bits per heavy atom. The zero-order valence-corrected chi connectivity index (χ0v) is 20.5. The van der Waals surface area contributed by atoms with E-state index in [0.717, 1.165) is 0 Å². The molecule has 3 heterocycles. The van der Waals surface area contributed by atoms with E-state index < -0.39 is 17.3 Å². The number of aryl methyl sites for hydroxylation is 1. The molecule has 1 aliphatic carbocycles. The van der Waals surface area contributed by atoms with Crippen molar-refractivity contribution in [3.63, 3.8) is 0 Å². The van der Waals surface area contributed by atoms with Crippen molar-refractivity contribution in [3.8, 4) is 17.6 Å². The summed E-state index contributed by atoms with van der Waals surface area (Å²) in [6, 6.07) is 3.22. The predicted octanol–water partition coefficient (Wildman–Crippen LogP) is 3.72. The molecule has 0 bridgehead atoms. The standard InChI is InChI=1S/C25H22ClF3N4O4/c1-32-19-11-21(37-9-7-34)18(26)10-16(19)22(31-23(32)35)33-6-8-36-14-17-15(12-30-13-20(17)33)2-3-24(4-5-24)25(27,28)29/h10-13,34H,4-9,14H2,1H3. The van der Waals surface area contributed by atoms with E-state index in [4.69, 9.17) is 26.2 Å². The number of hydrogen-bond acceptors (Lipinski definition) is 7. The van der Waals surface area contributed by atoms with Crippen molar-refractivity contribution in [2.45, 2.75) is 25.6 Å². The first-order valence-electron chi connectivity index (χ1n) is 11.5. The molecule has 0 unspecified atom stereocenters. The lowest BCUT2D eigenvalue weighted by Crippen LogP contribution is -2.28. The van der Waals surface area contributed by atoms with Crippen LogP contribution >= 0.6 is 11.6 Å². The van der Waals surface area contributed by atoms with Gasteiger partial charge in [-0.25, -0.2) is 4.79 Å². The van der Waals surface area contributed by atoms with Gasteiger partial charge in [-0.1, -0.05) is 23.4 Å². The normalized spacial score (nSPS) is 16.5. The number of anilines is 2. The van der Waals surface area contributed by atoms with Gasteiger partial charge in [0, 0.05) is 36.8 Å². The van der Waals surface area contributed by atoms with E-state index in [2.05, 4.69) is 21.8 Å². The Kier molecular flexibility index (Phi) is 6.52. The fraction of sp³-hybridized carbons (Fsp3) is 0.400. The number of benzene rings is 1. The Morgan fingerprint density at radius 3 is 2.78 bits per heavy atom. The predicted molar refractivity (Wildman–Crippen MR) is 130 cm³/mol. The SMILES string of the molecule is Cn1c(=O)nc(N2CCOCc3c(C#CC4(C(F)(F)F)CC4)cncc32)c2cc(Cl)c(OCCO)cc21. The highest BCUT2D eigenvalue weighted by Crippen LogP contribution is 2.57. The topological polar surface area (TPSA) is 89.7 Å². The van der Waals surface area contributed by atoms with Crippen molar-refractivity contribution in [2.24, 2.45) is 12.5 Å². The Bertz CT molecular complexity index is 1490. The van der Waals surface area contributed by atoms with Crippen LogP contribution in [-0.2, 0) is 18.4 Å². The molecule has 0 atom stereocenters. The van der Waals surface area contributed by atoms with Gasteiger partial charge in [-0.15, -0.1) is 0 Å². The number of ether oxygens (including phenoxy) is 2. The van der Waals surface area contributed by atoms with Crippen molar-refractivity contribution in [1.82, 2.24) is 14.5 Å². The van der Waals surface area contributed by atoms with Gasteiger partial charge in [0.1, 0.15) is 23.6 Å². The van der Waals surface area contributed by atoms with Gasteiger partial charge in [0.2, 0.25) is 0 Å². The summed E-state index contributed by atoms with van der Waals surface area (Å²) < 4.78 is 52.8. The van der Waals surface area contributed by atoms with E-state index >= 15 is 0 Å². The van der Waals surface area contributed by atoms with Crippen molar-refractivity contribution < 1.29 is 27.8 Å². The molecule has 1 saturated carbocycles. The summed E-state index contributed by atoms with van der Waals surface area (Å²) in [4.78, 5) is 23.1. The molecule has 0 spiro atoms. The molecule has 12 heteroatoms. The monoisotopic (exact) mass is 534 g/mol. The molecule has 8 nitrogen and oxygen atoms in total. The van der Waals surface area contributed by atoms with Crippen LogP contribution in [0.2, 0.25) is 5.02 Å². The van der Waals surface area contributed by atoms with Crippen molar-refractivity contribution in [3.05, 3.63) is 51.2 Å². The summed E-state index contributed by atoms with van der Waals surface area (Å²) in [5, 5.41) is 9.89. The summed E-state index contributed by atoms with van der Waals surface area (Å²) in [6.07, 6.45) is -1.47. The molecule has 2 aliphatic rings. The molecule has 0 amide bonds. The number of rotatable bonds is 4. The number of nitrogens with zero attached hydrogens (tertiary/aromatic N) is 4. The third kappa shape index (κ3) is 4.61. The molecule has 0 saturated heterocycles. The fourth-order valence-electron chi connectivity index (χ4n) is 4.23. The molecule has 1 aromatic carbocycles. The highest BCUT2D eigenvalue weighted by atomic mass is 35.5. The molecule has 37 heavy (non-hydrogen) atoms. The lowest BCUT2D eigenvalue weighted by Gasteiger charge is -2.25. The summed E-state index contributed by atoms with van der Waals surface area (Å²) in [5.41, 5.74) is -0.608. The maximum absolute atomic E-state index is 13.4. The van der Waals surface area contributed by atoms with Crippen molar-refractivity contribution in [2.75, 3.05) is 31.3 Å². The minimum atomic E-state index is -4.40. The molecule has 5 rings (SSSR count). The van der Waals surface area contributed by atoms with E-state index in [-0.39, 0.29) is 44.3 Å². The zero-order chi connectivity index (χ0) is 26.4. The largest absolute Gasteiger partial charge is 0.490 e. The molecule has 194 valence electrons. The maximum Gasteiger partial charge on any atom is 0.405 e. The average Bonchev–Trinajstić information content (AvgIpc) is 3.68. The lowest BCUT2D eigenvalue weighted by molar-refractivity contribution is -0.168. The van der Waals surface area contributed by atoms with Crippen LogP contribution in [0.3, 0.4) is 0 Å². The first-order chi connectivity index (χ1) is 17.6. The minimum Gasteiger partial charge on any atom is -0.490 e. The minimum absolute atomic E-state index is 0.0252. The maximum atomic E-state index is 13.4. The molecule has 0 radical (unpaired) electrons. The van der Waals surface area contributed by atoms with Crippen LogP contribution < -0.4 is 15.3 Å². The summed E-state index contributed by atoms with van der Waals surface area (Å²) in [7, 11) is 1.56. The molecule has 2 aromatic heterocycles. The van der Waals surface area contributed by atoms with Crippen LogP contribution in [-0.4, -0.2) is 52.2 Å². The highest BCUT2D eigenvalue weighted by molar-refractivity contribution is 6.33. The van der Waals surface area contributed by atoms with Crippen LogP contribution in [0.1, 0.15) is 24.0 Å². The Morgan fingerprint density at radius 2 is 2.08 bits per heavy atom. The molecule has 3 aromatic rings. The molecule has 1 N–H and O–H groups in total. The molecular weight excluding hydrogens is 513 g/mol. The van der Waals surface area contributed by atoms with Crippen LogP contribution in [0.25, 0.3) is 10.9 Å². The van der Waals surface area contributed by atoms with Gasteiger partial charge in [-0.3, -0.25) is 9.55 Å². The van der Waals surface area contributed by atoms with Gasteiger partial charge in [0.05, 0.1) is 47.8 Å². The molecule has 1 aliphatic heterocycles. The summed E-state index contributed by atoms with van der Waals surface area (Å²) in [6.45, 7) is 0.493. The fourth-order valence-corrected chi connectivity index (χ4v) is 4.45. The second-order valence-electron chi connectivity index (χ2n) is 8.87. The van der Waals surface area contributed by atoms with Crippen LogP contribution in [0.15, 0.2) is 29.3 Å². The number of aliphatic hydroxyl groups excluding tert-OH is 1. The average molecular weight is 535 g/mol. The first kappa shape index (κ1) is 25.3. The second-order valence-corrected chi connectivity index (χ2v) is 9.27.